The zero-order valence-corrected chi connectivity index (χ0v) is 16.4. The van der Waals surface area contributed by atoms with E-state index in [1.165, 1.54) is 24.3 Å². The fourth-order valence-corrected chi connectivity index (χ4v) is 3.41. The van der Waals surface area contributed by atoms with Crippen molar-refractivity contribution in [3.8, 4) is 11.8 Å². The number of halogens is 4. The number of rotatable bonds is 3. The molecule has 0 bridgehead atoms. The second-order valence-electron chi connectivity index (χ2n) is 7.21. The van der Waals surface area contributed by atoms with Gasteiger partial charge >= 0.3 is 0 Å². The molecule has 2 nitrogen and oxygen atoms in total. The van der Waals surface area contributed by atoms with Gasteiger partial charge in [0.15, 0.2) is 17.5 Å². The van der Waals surface area contributed by atoms with Crippen LogP contribution in [0, 0.1) is 35.1 Å². The van der Waals surface area contributed by atoms with Gasteiger partial charge in [-0.2, -0.15) is 0 Å². The Bertz CT molecular complexity index is 1200. The van der Waals surface area contributed by atoms with Crippen molar-refractivity contribution in [3.05, 3.63) is 95.1 Å². The topological polar surface area (TPSA) is 18.5 Å². The molecule has 0 aromatic heterocycles. The van der Waals surface area contributed by atoms with Gasteiger partial charge in [0.25, 0.3) is 0 Å². The Morgan fingerprint density at radius 1 is 0.903 bits per heavy atom. The van der Waals surface area contributed by atoms with Crippen molar-refractivity contribution in [1.82, 2.24) is 0 Å². The SMILES string of the molecule is C=CCC1COC(c2ccc(C#Cc3ccc4c(F)c(F)c(F)cc4c3)c(F)c2)CO1. The molecule has 0 spiro atoms. The van der Waals surface area contributed by atoms with Crippen molar-refractivity contribution >= 4 is 10.8 Å². The van der Waals surface area contributed by atoms with Gasteiger partial charge in [0.1, 0.15) is 11.9 Å². The van der Waals surface area contributed by atoms with Crippen LogP contribution in [0.25, 0.3) is 10.8 Å². The average molecular weight is 426 g/mol. The summed E-state index contributed by atoms with van der Waals surface area (Å²) in [5.74, 6) is 0.937. The predicted octanol–water partition coefficient (Wildman–Crippen LogP) is 5.83. The molecular formula is C25H18F4O2. The van der Waals surface area contributed by atoms with Gasteiger partial charge in [-0.05, 0) is 47.7 Å². The first-order chi connectivity index (χ1) is 15.0. The first-order valence-electron chi connectivity index (χ1n) is 9.69. The largest absolute Gasteiger partial charge is 0.372 e. The highest BCUT2D eigenvalue weighted by Gasteiger charge is 2.23. The average Bonchev–Trinajstić information content (AvgIpc) is 2.77. The maximum absolute atomic E-state index is 14.6. The minimum absolute atomic E-state index is 0.0378. The van der Waals surface area contributed by atoms with Crippen molar-refractivity contribution in [2.75, 3.05) is 13.2 Å². The highest BCUT2D eigenvalue weighted by Crippen LogP contribution is 2.26. The second kappa shape index (κ2) is 8.93. The summed E-state index contributed by atoms with van der Waals surface area (Å²) < 4.78 is 66.7. The summed E-state index contributed by atoms with van der Waals surface area (Å²) in [4.78, 5) is 0. The van der Waals surface area contributed by atoms with E-state index in [1.807, 2.05) is 0 Å². The van der Waals surface area contributed by atoms with E-state index in [0.29, 0.717) is 30.8 Å². The quantitative estimate of drug-likeness (QED) is 0.227. The molecular weight excluding hydrogens is 408 g/mol. The molecule has 2 unspecified atom stereocenters. The molecule has 1 aliphatic rings. The molecule has 0 N–H and O–H groups in total. The number of hydrogen-bond donors (Lipinski definition) is 0. The molecule has 4 rings (SSSR count). The Hall–Kier alpha value is -3.14. The van der Waals surface area contributed by atoms with Crippen LogP contribution in [0.4, 0.5) is 17.6 Å². The minimum Gasteiger partial charge on any atom is -0.372 e. The normalized spacial score (nSPS) is 18.5. The zero-order chi connectivity index (χ0) is 22.0. The third kappa shape index (κ3) is 4.48. The Balaban J connectivity index is 1.53. The van der Waals surface area contributed by atoms with E-state index >= 15 is 0 Å². The van der Waals surface area contributed by atoms with Crippen LogP contribution in [0.3, 0.4) is 0 Å². The van der Waals surface area contributed by atoms with Gasteiger partial charge in [0.05, 0.1) is 24.9 Å². The molecule has 1 fully saturated rings. The summed E-state index contributed by atoms with van der Waals surface area (Å²) in [7, 11) is 0. The van der Waals surface area contributed by atoms with E-state index in [4.69, 9.17) is 9.47 Å². The number of ether oxygens (including phenoxy) is 2. The van der Waals surface area contributed by atoms with E-state index in [2.05, 4.69) is 18.4 Å². The molecule has 6 heteroatoms. The maximum atomic E-state index is 14.6. The van der Waals surface area contributed by atoms with Crippen LogP contribution in [-0.4, -0.2) is 19.3 Å². The van der Waals surface area contributed by atoms with Gasteiger partial charge < -0.3 is 9.47 Å². The summed E-state index contributed by atoms with van der Waals surface area (Å²) in [6, 6.07) is 9.74. The lowest BCUT2D eigenvalue weighted by atomic mass is 10.0. The van der Waals surface area contributed by atoms with Crippen LogP contribution in [0.5, 0.6) is 0 Å². The fraction of sp³-hybridized carbons (Fsp3) is 0.200. The van der Waals surface area contributed by atoms with Crippen LogP contribution in [0.2, 0.25) is 0 Å². The van der Waals surface area contributed by atoms with Gasteiger partial charge in [-0.1, -0.05) is 30.0 Å². The third-order valence-electron chi connectivity index (χ3n) is 5.08. The van der Waals surface area contributed by atoms with Gasteiger partial charge in [0.2, 0.25) is 0 Å². The molecule has 2 atom stereocenters. The first kappa shape index (κ1) is 21.1. The first-order valence-corrected chi connectivity index (χ1v) is 9.69. The molecule has 1 heterocycles. The van der Waals surface area contributed by atoms with Gasteiger partial charge in [-0.25, -0.2) is 17.6 Å². The van der Waals surface area contributed by atoms with E-state index in [9.17, 15) is 17.6 Å². The van der Waals surface area contributed by atoms with Crippen molar-refractivity contribution in [2.24, 2.45) is 0 Å². The third-order valence-corrected chi connectivity index (χ3v) is 5.08. The van der Waals surface area contributed by atoms with Gasteiger partial charge in [0, 0.05) is 10.9 Å². The molecule has 1 aliphatic heterocycles. The number of fused-ring (bicyclic) bond motifs is 1. The summed E-state index contributed by atoms with van der Waals surface area (Å²) in [6.07, 6.45) is 2.06. The summed E-state index contributed by atoms with van der Waals surface area (Å²) >= 11 is 0. The minimum atomic E-state index is -1.52. The molecule has 158 valence electrons. The fourth-order valence-electron chi connectivity index (χ4n) is 3.41. The maximum Gasteiger partial charge on any atom is 0.195 e. The van der Waals surface area contributed by atoms with Crippen molar-refractivity contribution < 1.29 is 27.0 Å². The number of benzene rings is 3. The highest BCUT2D eigenvalue weighted by molar-refractivity contribution is 5.84. The summed E-state index contributed by atoms with van der Waals surface area (Å²) in [5, 5.41) is 0.119. The van der Waals surface area contributed by atoms with Crippen LogP contribution < -0.4 is 0 Å². The van der Waals surface area contributed by atoms with Crippen molar-refractivity contribution in [1.29, 1.82) is 0 Å². The number of hydrogen-bond acceptors (Lipinski definition) is 2. The molecule has 0 saturated carbocycles. The Morgan fingerprint density at radius 3 is 2.45 bits per heavy atom. The van der Waals surface area contributed by atoms with E-state index in [0.717, 1.165) is 6.07 Å². The van der Waals surface area contributed by atoms with Crippen molar-refractivity contribution in [2.45, 2.75) is 18.6 Å². The van der Waals surface area contributed by atoms with E-state index in [1.54, 1.807) is 18.2 Å². The molecule has 31 heavy (non-hydrogen) atoms. The van der Waals surface area contributed by atoms with E-state index in [-0.39, 0.29) is 28.5 Å². The lowest BCUT2D eigenvalue weighted by Gasteiger charge is -2.29. The standard InChI is InChI=1S/C25H18F4O2/c1-2-3-19-13-31-23(14-30-19)17-8-7-16(21(26)11-17)6-4-15-5-9-20-18(10-15)12-22(27)25(29)24(20)28/h2,5,7-12,19,23H,1,3,13-14H2. The van der Waals surface area contributed by atoms with E-state index < -0.39 is 23.3 Å². The van der Waals surface area contributed by atoms with Crippen LogP contribution in [-0.2, 0) is 9.47 Å². The lowest BCUT2D eigenvalue weighted by Crippen LogP contribution is -2.30. The lowest BCUT2D eigenvalue weighted by molar-refractivity contribution is -0.133. The summed E-state index contributed by atoms with van der Waals surface area (Å²) in [6.45, 7) is 4.41. The smallest absolute Gasteiger partial charge is 0.195 e. The molecule has 0 amide bonds. The highest BCUT2D eigenvalue weighted by atomic mass is 19.2. The zero-order valence-electron chi connectivity index (χ0n) is 16.4. The molecule has 1 saturated heterocycles. The van der Waals surface area contributed by atoms with Crippen LogP contribution in [0.1, 0.15) is 29.2 Å². The monoisotopic (exact) mass is 426 g/mol. The molecule has 3 aromatic rings. The van der Waals surface area contributed by atoms with Crippen LogP contribution in [0.15, 0.2) is 55.1 Å². The Kier molecular flexibility index (Phi) is 6.08. The molecule has 0 aliphatic carbocycles. The van der Waals surface area contributed by atoms with Gasteiger partial charge in [-0.15, -0.1) is 6.58 Å². The Labute approximate surface area is 177 Å². The molecule has 3 aromatic carbocycles. The van der Waals surface area contributed by atoms with Gasteiger partial charge in [-0.3, -0.25) is 0 Å². The van der Waals surface area contributed by atoms with Crippen LogP contribution >= 0.6 is 0 Å². The summed E-state index contributed by atoms with van der Waals surface area (Å²) in [5.41, 5.74) is 1.24. The Morgan fingerprint density at radius 2 is 1.74 bits per heavy atom. The molecule has 0 radical (unpaired) electrons. The van der Waals surface area contributed by atoms with Crippen molar-refractivity contribution in [3.63, 3.8) is 0 Å². The second-order valence-corrected chi connectivity index (χ2v) is 7.21. The predicted molar refractivity (Wildman–Crippen MR) is 109 cm³/mol.